The first kappa shape index (κ1) is 21.5. The Morgan fingerprint density at radius 3 is 2.39 bits per heavy atom. The van der Waals surface area contributed by atoms with E-state index in [-0.39, 0.29) is 18.4 Å². The number of unbranched alkanes of at least 4 members (excludes halogenated alkanes) is 1. The molecule has 2 aromatic carbocycles. The van der Waals surface area contributed by atoms with Gasteiger partial charge in [0, 0.05) is 13.1 Å². The quantitative estimate of drug-likeness (QED) is 0.637. The highest BCUT2D eigenvalue weighted by molar-refractivity contribution is 5.87. The SMILES string of the molecule is CCCCNC(=O)C(C)N(Cc1ccccc1)C(=O)COc1ccc(C)cc1. The second-order valence-corrected chi connectivity index (χ2v) is 6.93. The number of aryl methyl sites for hydroxylation is 1. The largest absolute Gasteiger partial charge is 0.484 e. The summed E-state index contributed by atoms with van der Waals surface area (Å²) in [6, 6.07) is 16.6. The van der Waals surface area contributed by atoms with E-state index in [2.05, 4.69) is 12.2 Å². The van der Waals surface area contributed by atoms with Crippen molar-refractivity contribution in [2.24, 2.45) is 0 Å². The van der Waals surface area contributed by atoms with Crippen LogP contribution in [0.25, 0.3) is 0 Å². The third-order valence-electron chi connectivity index (χ3n) is 4.58. The van der Waals surface area contributed by atoms with Crippen molar-refractivity contribution in [1.82, 2.24) is 10.2 Å². The Bertz CT molecular complexity index is 744. The van der Waals surface area contributed by atoms with Gasteiger partial charge in [0.05, 0.1) is 0 Å². The van der Waals surface area contributed by atoms with Crippen molar-refractivity contribution in [2.45, 2.75) is 46.2 Å². The summed E-state index contributed by atoms with van der Waals surface area (Å²) in [5.41, 5.74) is 2.10. The van der Waals surface area contributed by atoms with Crippen LogP contribution in [0.2, 0.25) is 0 Å². The molecule has 5 heteroatoms. The molecular weight excluding hydrogens is 352 g/mol. The molecule has 1 unspecified atom stereocenters. The third kappa shape index (κ3) is 6.72. The van der Waals surface area contributed by atoms with Gasteiger partial charge in [0.2, 0.25) is 5.91 Å². The predicted octanol–water partition coefficient (Wildman–Crippen LogP) is 3.71. The average molecular weight is 383 g/mol. The number of nitrogens with zero attached hydrogens (tertiary/aromatic N) is 1. The van der Waals surface area contributed by atoms with Crippen LogP contribution in [-0.2, 0) is 16.1 Å². The molecule has 0 fully saturated rings. The Morgan fingerprint density at radius 2 is 1.75 bits per heavy atom. The van der Waals surface area contributed by atoms with Gasteiger partial charge in [-0.2, -0.15) is 0 Å². The molecule has 2 rings (SSSR count). The molecule has 1 atom stereocenters. The fourth-order valence-corrected chi connectivity index (χ4v) is 2.76. The van der Waals surface area contributed by atoms with E-state index in [4.69, 9.17) is 4.74 Å². The lowest BCUT2D eigenvalue weighted by Gasteiger charge is -2.28. The molecule has 0 heterocycles. The van der Waals surface area contributed by atoms with Gasteiger partial charge in [-0.05, 0) is 38.0 Å². The van der Waals surface area contributed by atoms with Crippen molar-refractivity contribution in [1.29, 1.82) is 0 Å². The summed E-state index contributed by atoms with van der Waals surface area (Å²) in [5, 5.41) is 2.91. The van der Waals surface area contributed by atoms with E-state index in [9.17, 15) is 9.59 Å². The summed E-state index contributed by atoms with van der Waals surface area (Å²) in [4.78, 5) is 27.0. The summed E-state index contributed by atoms with van der Waals surface area (Å²) < 4.78 is 5.65. The van der Waals surface area contributed by atoms with Gasteiger partial charge in [-0.15, -0.1) is 0 Å². The molecule has 28 heavy (non-hydrogen) atoms. The van der Waals surface area contributed by atoms with Crippen molar-refractivity contribution < 1.29 is 14.3 Å². The van der Waals surface area contributed by atoms with Gasteiger partial charge in [-0.1, -0.05) is 61.4 Å². The van der Waals surface area contributed by atoms with Gasteiger partial charge in [-0.25, -0.2) is 0 Å². The number of benzene rings is 2. The Morgan fingerprint density at radius 1 is 1.07 bits per heavy atom. The van der Waals surface area contributed by atoms with Gasteiger partial charge in [0.1, 0.15) is 11.8 Å². The Labute approximate surface area is 167 Å². The van der Waals surface area contributed by atoms with Crippen LogP contribution in [0.5, 0.6) is 5.75 Å². The van der Waals surface area contributed by atoms with E-state index in [1.54, 1.807) is 11.8 Å². The first-order valence-corrected chi connectivity index (χ1v) is 9.81. The lowest BCUT2D eigenvalue weighted by molar-refractivity contribution is -0.142. The summed E-state index contributed by atoms with van der Waals surface area (Å²) >= 11 is 0. The first-order chi connectivity index (χ1) is 13.5. The molecule has 0 spiro atoms. The topological polar surface area (TPSA) is 58.6 Å². The lowest BCUT2D eigenvalue weighted by Crippen LogP contribution is -2.49. The summed E-state index contributed by atoms with van der Waals surface area (Å²) in [7, 11) is 0. The van der Waals surface area contributed by atoms with E-state index in [0.717, 1.165) is 24.0 Å². The van der Waals surface area contributed by atoms with Gasteiger partial charge in [-0.3, -0.25) is 9.59 Å². The number of carbonyl (C=O) groups is 2. The Hall–Kier alpha value is -2.82. The molecule has 0 aliphatic heterocycles. The number of ether oxygens (including phenoxy) is 1. The van der Waals surface area contributed by atoms with E-state index in [1.807, 2.05) is 61.5 Å². The van der Waals surface area contributed by atoms with Crippen LogP contribution < -0.4 is 10.1 Å². The molecule has 2 amide bonds. The molecule has 5 nitrogen and oxygen atoms in total. The monoisotopic (exact) mass is 382 g/mol. The summed E-state index contributed by atoms with van der Waals surface area (Å²) in [6.07, 6.45) is 1.92. The summed E-state index contributed by atoms with van der Waals surface area (Å²) in [6.45, 7) is 6.70. The van der Waals surface area contributed by atoms with Crippen LogP contribution in [-0.4, -0.2) is 35.9 Å². The lowest BCUT2D eigenvalue weighted by atomic mass is 10.1. The fraction of sp³-hybridized carbons (Fsp3) is 0.391. The fourth-order valence-electron chi connectivity index (χ4n) is 2.76. The zero-order valence-corrected chi connectivity index (χ0v) is 17.0. The number of rotatable bonds is 10. The van der Waals surface area contributed by atoms with Crippen LogP contribution in [0.3, 0.4) is 0 Å². The maximum Gasteiger partial charge on any atom is 0.261 e. The van der Waals surface area contributed by atoms with E-state index >= 15 is 0 Å². The van der Waals surface area contributed by atoms with Crippen molar-refractivity contribution in [2.75, 3.05) is 13.2 Å². The minimum atomic E-state index is -0.578. The highest BCUT2D eigenvalue weighted by Crippen LogP contribution is 2.13. The van der Waals surface area contributed by atoms with Crippen molar-refractivity contribution in [3.05, 3.63) is 65.7 Å². The number of carbonyl (C=O) groups excluding carboxylic acids is 2. The highest BCUT2D eigenvalue weighted by atomic mass is 16.5. The zero-order chi connectivity index (χ0) is 20.4. The van der Waals surface area contributed by atoms with Gasteiger partial charge in [0.25, 0.3) is 5.91 Å². The van der Waals surface area contributed by atoms with Gasteiger partial charge in [0.15, 0.2) is 6.61 Å². The van der Waals surface area contributed by atoms with E-state index < -0.39 is 6.04 Å². The second-order valence-electron chi connectivity index (χ2n) is 6.93. The predicted molar refractivity (Wildman–Crippen MR) is 111 cm³/mol. The van der Waals surface area contributed by atoms with Crippen LogP contribution >= 0.6 is 0 Å². The molecule has 0 aromatic heterocycles. The average Bonchev–Trinajstić information content (AvgIpc) is 2.71. The zero-order valence-electron chi connectivity index (χ0n) is 17.0. The molecule has 0 bridgehead atoms. The molecule has 0 radical (unpaired) electrons. The van der Waals surface area contributed by atoms with E-state index in [0.29, 0.717) is 18.8 Å². The molecule has 1 N–H and O–H groups in total. The van der Waals surface area contributed by atoms with Crippen LogP contribution in [0.4, 0.5) is 0 Å². The van der Waals surface area contributed by atoms with Gasteiger partial charge < -0.3 is 15.0 Å². The maximum absolute atomic E-state index is 12.9. The molecule has 0 saturated carbocycles. The van der Waals surface area contributed by atoms with Crippen LogP contribution in [0.15, 0.2) is 54.6 Å². The highest BCUT2D eigenvalue weighted by Gasteiger charge is 2.26. The minimum Gasteiger partial charge on any atom is -0.484 e. The standard InChI is InChI=1S/C23H30N2O3/c1-4-5-15-24-23(27)19(3)25(16-20-9-7-6-8-10-20)22(26)17-28-21-13-11-18(2)12-14-21/h6-14,19H,4-5,15-17H2,1-3H3,(H,24,27). The summed E-state index contributed by atoms with van der Waals surface area (Å²) in [5.74, 6) is 0.272. The van der Waals surface area contributed by atoms with Crippen molar-refractivity contribution in [3.8, 4) is 5.75 Å². The van der Waals surface area contributed by atoms with E-state index in [1.165, 1.54) is 0 Å². The molecule has 2 aromatic rings. The van der Waals surface area contributed by atoms with Gasteiger partial charge >= 0.3 is 0 Å². The maximum atomic E-state index is 12.9. The number of hydrogen-bond acceptors (Lipinski definition) is 3. The number of nitrogens with one attached hydrogen (secondary N) is 1. The first-order valence-electron chi connectivity index (χ1n) is 9.81. The second kappa shape index (κ2) is 11.1. The molecule has 0 aliphatic carbocycles. The third-order valence-corrected chi connectivity index (χ3v) is 4.58. The number of hydrogen-bond donors (Lipinski definition) is 1. The Kier molecular flexibility index (Phi) is 8.53. The van der Waals surface area contributed by atoms with Crippen LogP contribution in [0.1, 0.15) is 37.8 Å². The molecule has 0 saturated heterocycles. The van der Waals surface area contributed by atoms with Crippen LogP contribution in [0, 0.1) is 6.92 Å². The minimum absolute atomic E-state index is 0.109. The van der Waals surface area contributed by atoms with Crippen molar-refractivity contribution >= 4 is 11.8 Å². The Balaban J connectivity index is 2.06. The number of amides is 2. The molecular formula is C23H30N2O3. The van der Waals surface area contributed by atoms with Crippen molar-refractivity contribution in [3.63, 3.8) is 0 Å². The normalized spacial score (nSPS) is 11.5. The molecule has 0 aliphatic rings. The smallest absolute Gasteiger partial charge is 0.261 e. The molecule has 150 valence electrons.